The standard InChI is InChI=1S/C25H22O4/c1-17(25(26)21-10-12-22(27-2)13-11-21)20-8-5-18(6-9-20)3-4-19-7-14-23-24(15-19)29-16-28-23/h3-15,17H,16H2,1-2H3/b4-3+. The summed E-state index contributed by atoms with van der Waals surface area (Å²) in [5.74, 6) is 2.18. The molecule has 0 aromatic heterocycles. The van der Waals surface area contributed by atoms with E-state index in [4.69, 9.17) is 14.2 Å². The molecule has 3 aromatic rings. The second-order valence-electron chi connectivity index (χ2n) is 6.93. The van der Waals surface area contributed by atoms with Crippen molar-refractivity contribution >= 4 is 17.9 Å². The van der Waals surface area contributed by atoms with Gasteiger partial charge in [0.05, 0.1) is 7.11 Å². The maximum atomic E-state index is 12.8. The lowest BCUT2D eigenvalue weighted by molar-refractivity contribution is 0.0966. The Balaban J connectivity index is 1.44. The second kappa shape index (κ2) is 8.23. The molecule has 0 aliphatic carbocycles. The largest absolute Gasteiger partial charge is 0.497 e. The monoisotopic (exact) mass is 386 g/mol. The topological polar surface area (TPSA) is 44.8 Å². The highest BCUT2D eigenvalue weighted by molar-refractivity contribution is 6.00. The zero-order valence-corrected chi connectivity index (χ0v) is 16.4. The third-order valence-electron chi connectivity index (χ3n) is 5.07. The molecule has 3 aromatic carbocycles. The van der Waals surface area contributed by atoms with Crippen LogP contribution in [-0.4, -0.2) is 19.7 Å². The molecule has 1 aliphatic rings. The van der Waals surface area contributed by atoms with E-state index < -0.39 is 0 Å². The van der Waals surface area contributed by atoms with Crippen molar-refractivity contribution in [1.82, 2.24) is 0 Å². The highest BCUT2D eigenvalue weighted by Crippen LogP contribution is 2.33. The van der Waals surface area contributed by atoms with Gasteiger partial charge in [0.2, 0.25) is 6.79 Å². The van der Waals surface area contributed by atoms with Crippen LogP contribution in [0.3, 0.4) is 0 Å². The van der Waals surface area contributed by atoms with Gasteiger partial charge in [-0.3, -0.25) is 4.79 Å². The molecule has 1 aliphatic heterocycles. The van der Waals surface area contributed by atoms with Gasteiger partial charge in [0.1, 0.15) is 5.75 Å². The molecule has 0 spiro atoms. The normalized spacial score (nSPS) is 13.4. The van der Waals surface area contributed by atoms with E-state index in [0.29, 0.717) is 5.56 Å². The number of fused-ring (bicyclic) bond motifs is 1. The van der Waals surface area contributed by atoms with Crippen molar-refractivity contribution in [3.8, 4) is 17.2 Å². The van der Waals surface area contributed by atoms with Crippen molar-refractivity contribution < 1.29 is 19.0 Å². The summed E-state index contributed by atoms with van der Waals surface area (Å²) < 4.78 is 15.9. The number of benzene rings is 3. The Bertz CT molecular complexity index is 1030. The molecule has 4 rings (SSSR count). The summed E-state index contributed by atoms with van der Waals surface area (Å²) in [5, 5.41) is 0. The van der Waals surface area contributed by atoms with Crippen molar-refractivity contribution in [3.05, 3.63) is 89.0 Å². The van der Waals surface area contributed by atoms with Crippen LogP contribution in [0, 0.1) is 0 Å². The van der Waals surface area contributed by atoms with Gasteiger partial charge >= 0.3 is 0 Å². The van der Waals surface area contributed by atoms with Gasteiger partial charge in [-0.2, -0.15) is 0 Å². The Hall–Kier alpha value is -3.53. The summed E-state index contributed by atoms with van der Waals surface area (Å²) in [6.45, 7) is 2.21. The van der Waals surface area contributed by atoms with Crippen molar-refractivity contribution in [2.24, 2.45) is 0 Å². The molecular weight excluding hydrogens is 364 g/mol. The highest BCUT2D eigenvalue weighted by Gasteiger charge is 2.17. The molecule has 0 fully saturated rings. The first kappa shape index (κ1) is 18.8. The molecule has 4 nitrogen and oxygen atoms in total. The molecule has 0 amide bonds. The highest BCUT2D eigenvalue weighted by atomic mass is 16.7. The van der Waals surface area contributed by atoms with Crippen LogP contribution in [0.15, 0.2) is 66.7 Å². The van der Waals surface area contributed by atoms with E-state index in [-0.39, 0.29) is 18.5 Å². The average molecular weight is 386 g/mol. The van der Waals surface area contributed by atoms with Gasteiger partial charge in [-0.1, -0.05) is 49.4 Å². The number of hydrogen-bond acceptors (Lipinski definition) is 4. The first-order chi connectivity index (χ1) is 14.1. The van der Waals surface area contributed by atoms with Crippen LogP contribution in [0.5, 0.6) is 17.2 Å². The number of hydrogen-bond donors (Lipinski definition) is 0. The summed E-state index contributed by atoms with van der Waals surface area (Å²) in [6, 6.07) is 21.2. The lowest BCUT2D eigenvalue weighted by Crippen LogP contribution is -2.09. The van der Waals surface area contributed by atoms with E-state index in [2.05, 4.69) is 0 Å². The molecule has 1 heterocycles. The number of carbonyl (C=O) groups is 1. The van der Waals surface area contributed by atoms with Crippen molar-refractivity contribution in [2.75, 3.05) is 13.9 Å². The Labute approximate surface area is 170 Å². The number of rotatable bonds is 6. The van der Waals surface area contributed by atoms with Gasteiger partial charge in [0, 0.05) is 11.5 Å². The van der Waals surface area contributed by atoms with Crippen molar-refractivity contribution in [2.45, 2.75) is 12.8 Å². The molecule has 0 saturated heterocycles. The summed E-state index contributed by atoms with van der Waals surface area (Å²) in [5.41, 5.74) is 3.79. The molecule has 0 radical (unpaired) electrons. The van der Waals surface area contributed by atoms with Gasteiger partial charge in [-0.05, 0) is 53.1 Å². The number of methoxy groups -OCH3 is 1. The fourth-order valence-electron chi connectivity index (χ4n) is 3.26. The van der Waals surface area contributed by atoms with Gasteiger partial charge in [-0.25, -0.2) is 0 Å². The van der Waals surface area contributed by atoms with E-state index in [1.54, 1.807) is 19.2 Å². The molecular formula is C25H22O4. The smallest absolute Gasteiger partial charge is 0.231 e. The van der Waals surface area contributed by atoms with Gasteiger partial charge < -0.3 is 14.2 Å². The predicted octanol–water partition coefficient (Wildman–Crippen LogP) is 5.58. The Kier molecular flexibility index (Phi) is 5.34. The summed E-state index contributed by atoms with van der Waals surface area (Å²) in [4.78, 5) is 12.8. The van der Waals surface area contributed by atoms with Gasteiger partial charge in [0.25, 0.3) is 0 Å². The quantitative estimate of drug-likeness (QED) is 0.410. The van der Waals surface area contributed by atoms with Crippen LogP contribution in [-0.2, 0) is 0 Å². The molecule has 1 atom stereocenters. The van der Waals surface area contributed by atoms with Crippen LogP contribution in [0.2, 0.25) is 0 Å². The average Bonchev–Trinajstić information content (AvgIpc) is 3.25. The molecule has 29 heavy (non-hydrogen) atoms. The molecule has 0 saturated carbocycles. The van der Waals surface area contributed by atoms with Crippen LogP contribution < -0.4 is 14.2 Å². The summed E-state index contributed by atoms with van der Waals surface area (Å²) >= 11 is 0. The number of Topliss-reactive ketones (excluding diaryl/α,β-unsaturated/α-hetero) is 1. The zero-order chi connectivity index (χ0) is 20.2. The zero-order valence-electron chi connectivity index (χ0n) is 16.4. The number of ketones is 1. The summed E-state index contributed by atoms with van der Waals surface area (Å²) in [6.07, 6.45) is 4.07. The predicted molar refractivity (Wildman–Crippen MR) is 114 cm³/mol. The fourth-order valence-corrected chi connectivity index (χ4v) is 3.26. The second-order valence-corrected chi connectivity index (χ2v) is 6.93. The lowest BCUT2D eigenvalue weighted by Gasteiger charge is -2.12. The van der Waals surface area contributed by atoms with Crippen molar-refractivity contribution in [3.63, 3.8) is 0 Å². The third kappa shape index (κ3) is 4.16. The number of ether oxygens (including phenoxy) is 3. The van der Waals surface area contributed by atoms with Crippen LogP contribution in [0.25, 0.3) is 12.2 Å². The molecule has 1 unspecified atom stereocenters. The minimum absolute atomic E-state index is 0.0938. The van der Waals surface area contributed by atoms with E-state index in [9.17, 15) is 4.79 Å². The molecule has 4 heteroatoms. The summed E-state index contributed by atoms with van der Waals surface area (Å²) in [7, 11) is 1.61. The van der Waals surface area contributed by atoms with Crippen molar-refractivity contribution in [1.29, 1.82) is 0 Å². The molecule has 0 N–H and O–H groups in total. The van der Waals surface area contributed by atoms with E-state index in [1.807, 2.05) is 73.7 Å². The maximum absolute atomic E-state index is 12.8. The lowest BCUT2D eigenvalue weighted by atomic mass is 9.91. The van der Waals surface area contributed by atoms with E-state index >= 15 is 0 Å². The first-order valence-corrected chi connectivity index (χ1v) is 9.50. The van der Waals surface area contributed by atoms with E-state index in [1.165, 1.54) is 0 Å². The maximum Gasteiger partial charge on any atom is 0.231 e. The van der Waals surface area contributed by atoms with E-state index in [0.717, 1.165) is 33.9 Å². The Morgan fingerprint density at radius 3 is 2.28 bits per heavy atom. The minimum Gasteiger partial charge on any atom is -0.497 e. The van der Waals surface area contributed by atoms with Crippen LogP contribution in [0.1, 0.15) is 39.9 Å². The van der Waals surface area contributed by atoms with Crippen LogP contribution in [0.4, 0.5) is 0 Å². The Morgan fingerprint density at radius 1 is 0.897 bits per heavy atom. The van der Waals surface area contributed by atoms with Gasteiger partial charge in [0.15, 0.2) is 17.3 Å². The fraction of sp³-hybridized carbons (Fsp3) is 0.160. The first-order valence-electron chi connectivity index (χ1n) is 9.50. The number of carbonyl (C=O) groups excluding carboxylic acids is 1. The SMILES string of the molecule is COc1ccc(C(=O)C(C)c2ccc(/C=C/c3ccc4c(c3)OCO4)cc2)cc1. The molecule has 0 bridgehead atoms. The minimum atomic E-state index is -0.213. The van der Waals surface area contributed by atoms with Crippen LogP contribution >= 0.6 is 0 Å². The third-order valence-corrected chi connectivity index (χ3v) is 5.07. The molecule has 146 valence electrons. The van der Waals surface area contributed by atoms with Gasteiger partial charge in [-0.15, -0.1) is 0 Å². The Morgan fingerprint density at radius 2 is 1.55 bits per heavy atom.